The number of hydrogen-bond acceptors (Lipinski definition) is 2. The van der Waals surface area contributed by atoms with Crippen LogP contribution < -0.4 is 5.32 Å². The minimum atomic E-state index is -0.899. The average Bonchev–Trinajstić information content (AvgIpc) is 2.33. The molecule has 1 aromatic rings. The smallest absolute Gasteiger partial charge is 0.331 e. The molecule has 2 N–H and O–H groups in total. The summed E-state index contributed by atoms with van der Waals surface area (Å²) in [7, 11) is 0. The van der Waals surface area contributed by atoms with E-state index in [-0.39, 0.29) is 5.02 Å². The Balaban J connectivity index is 2.46. The Hall–Kier alpha value is -1.39. The first-order valence-corrected chi connectivity index (χ1v) is 5.99. The number of rotatable bonds is 6. The van der Waals surface area contributed by atoms with Crippen LogP contribution in [0.25, 0.3) is 0 Å². The van der Waals surface area contributed by atoms with E-state index in [9.17, 15) is 9.18 Å². The molecule has 98 valence electrons. The fraction of sp³-hybridized carbons (Fsp3) is 0.308. The summed E-state index contributed by atoms with van der Waals surface area (Å²) in [6.45, 7) is 2.75. The van der Waals surface area contributed by atoms with Crippen LogP contribution in [0.15, 0.2) is 29.8 Å². The normalized spacial score (nSPS) is 11.6. The molecule has 0 aliphatic carbocycles. The molecule has 0 atom stereocenters. The quantitative estimate of drug-likeness (QED) is 0.618. The van der Waals surface area contributed by atoms with E-state index in [0.717, 1.165) is 5.56 Å². The average molecular weight is 272 g/mol. The van der Waals surface area contributed by atoms with E-state index in [4.69, 9.17) is 16.7 Å². The third kappa shape index (κ3) is 4.47. The third-order valence-electron chi connectivity index (χ3n) is 2.46. The van der Waals surface area contributed by atoms with Crippen LogP contribution in [0.2, 0.25) is 5.02 Å². The Morgan fingerprint density at radius 3 is 2.83 bits per heavy atom. The molecule has 18 heavy (non-hydrogen) atoms. The molecule has 0 bridgehead atoms. The van der Waals surface area contributed by atoms with E-state index in [1.807, 2.05) is 0 Å². The van der Waals surface area contributed by atoms with Gasteiger partial charge < -0.3 is 10.4 Å². The molecule has 0 heterocycles. The molecule has 0 saturated heterocycles. The highest BCUT2D eigenvalue weighted by atomic mass is 35.5. The molecule has 0 radical (unpaired) electrons. The summed E-state index contributed by atoms with van der Waals surface area (Å²) in [4.78, 5) is 10.7. The molecule has 0 aliphatic heterocycles. The molecule has 5 heteroatoms. The lowest BCUT2D eigenvalue weighted by atomic mass is 10.2. The topological polar surface area (TPSA) is 49.3 Å². The van der Waals surface area contributed by atoms with Gasteiger partial charge in [0.2, 0.25) is 0 Å². The van der Waals surface area contributed by atoms with Crippen molar-refractivity contribution in [2.45, 2.75) is 19.9 Å². The molecule has 0 unspecified atom stereocenters. The van der Waals surface area contributed by atoms with Gasteiger partial charge in [0.15, 0.2) is 0 Å². The van der Waals surface area contributed by atoms with Crippen LogP contribution >= 0.6 is 11.6 Å². The number of benzene rings is 1. The predicted octanol–water partition coefficient (Wildman–Crippen LogP) is 2.99. The van der Waals surface area contributed by atoms with Crippen molar-refractivity contribution in [3.05, 3.63) is 46.3 Å². The van der Waals surface area contributed by atoms with Gasteiger partial charge in [-0.2, -0.15) is 0 Å². The third-order valence-corrected chi connectivity index (χ3v) is 2.75. The van der Waals surface area contributed by atoms with Crippen LogP contribution in [0.4, 0.5) is 4.39 Å². The van der Waals surface area contributed by atoms with Gasteiger partial charge in [0.05, 0.1) is 5.02 Å². The maximum absolute atomic E-state index is 12.9. The van der Waals surface area contributed by atoms with Gasteiger partial charge in [-0.3, -0.25) is 0 Å². The van der Waals surface area contributed by atoms with Crippen molar-refractivity contribution in [1.82, 2.24) is 5.32 Å². The molecular weight excluding hydrogens is 257 g/mol. The molecule has 0 fully saturated rings. The number of aliphatic carboxylic acids is 1. The fourth-order valence-electron chi connectivity index (χ4n) is 1.44. The van der Waals surface area contributed by atoms with Crippen molar-refractivity contribution in [2.75, 3.05) is 6.54 Å². The highest BCUT2D eigenvalue weighted by molar-refractivity contribution is 6.30. The van der Waals surface area contributed by atoms with Crippen molar-refractivity contribution in [3.8, 4) is 0 Å². The molecule has 3 nitrogen and oxygen atoms in total. The van der Waals surface area contributed by atoms with E-state index in [1.165, 1.54) is 6.07 Å². The van der Waals surface area contributed by atoms with Gasteiger partial charge in [-0.25, -0.2) is 9.18 Å². The molecule has 0 aromatic heterocycles. The van der Waals surface area contributed by atoms with Crippen LogP contribution in [0, 0.1) is 5.82 Å². The van der Waals surface area contributed by atoms with Crippen LogP contribution in [0.5, 0.6) is 0 Å². The van der Waals surface area contributed by atoms with Crippen molar-refractivity contribution < 1.29 is 14.3 Å². The van der Waals surface area contributed by atoms with Crippen LogP contribution in [0.3, 0.4) is 0 Å². The Morgan fingerprint density at radius 2 is 2.28 bits per heavy atom. The molecule has 0 amide bonds. The minimum Gasteiger partial charge on any atom is -0.478 e. The largest absolute Gasteiger partial charge is 0.478 e. The second-order valence-corrected chi connectivity index (χ2v) is 4.17. The number of halogens is 2. The second-order valence-electron chi connectivity index (χ2n) is 3.77. The lowest BCUT2D eigenvalue weighted by molar-refractivity contribution is -0.132. The van der Waals surface area contributed by atoms with Crippen molar-refractivity contribution in [2.24, 2.45) is 0 Å². The molecule has 1 rings (SSSR count). The van der Waals surface area contributed by atoms with Gasteiger partial charge in [-0.1, -0.05) is 30.7 Å². The standard InChI is InChI=1S/C13H15ClFNO2/c1-2-10(13(17)18)5-6-16-8-9-3-4-12(15)11(14)7-9/h3-5,7,16H,2,6,8H2,1H3,(H,17,18)/b10-5-. The second kappa shape index (κ2) is 7.13. The van der Waals surface area contributed by atoms with Gasteiger partial charge in [-0.05, 0) is 24.1 Å². The Morgan fingerprint density at radius 1 is 1.56 bits per heavy atom. The molecular formula is C13H15ClFNO2. The maximum atomic E-state index is 12.9. The summed E-state index contributed by atoms with van der Waals surface area (Å²) < 4.78 is 12.9. The number of carboxylic acid groups (broad SMARTS) is 1. The van der Waals surface area contributed by atoms with E-state index in [2.05, 4.69) is 5.32 Å². The van der Waals surface area contributed by atoms with E-state index >= 15 is 0 Å². The first-order valence-electron chi connectivity index (χ1n) is 5.61. The summed E-state index contributed by atoms with van der Waals surface area (Å²) in [5.74, 6) is -1.34. The molecule has 0 saturated carbocycles. The molecule has 1 aromatic carbocycles. The van der Waals surface area contributed by atoms with Crippen LogP contribution in [-0.4, -0.2) is 17.6 Å². The highest BCUT2D eigenvalue weighted by Gasteiger charge is 2.03. The van der Waals surface area contributed by atoms with Crippen molar-refractivity contribution in [3.63, 3.8) is 0 Å². The SMILES string of the molecule is CC/C(=C/CNCc1ccc(F)c(Cl)c1)C(=O)O. The predicted molar refractivity (Wildman–Crippen MR) is 69.1 cm³/mol. The number of carbonyl (C=O) groups is 1. The van der Waals surface area contributed by atoms with E-state index in [1.54, 1.807) is 25.1 Å². The van der Waals surface area contributed by atoms with Crippen molar-refractivity contribution >= 4 is 17.6 Å². The number of hydrogen-bond donors (Lipinski definition) is 2. The van der Waals surface area contributed by atoms with Crippen molar-refractivity contribution in [1.29, 1.82) is 0 Å². The van der Waals surface area contributed by atoms with Gasteiger partial charge in [0.1, 0.15) is 5.82 Å². The lowest BCUT2D eigenvalue weighted by Crippen LogP contribution is -2.14. The zero-order valence-electron chi connectivity index (χ0n) is 10.0. The fourth-order valence-corrected chi connectivity index (χ4v) is 1.65. The van der Waals surface area contributed by atoms with E-state index < -0.39 is 11.8 Å². The summed E-state index contributed by atoms with van der Waals surface area (Å²) in [5, 5.41) is 11.9. The van der Waals surface area contributed by atoms with Crippen LogP contribution in [0.1, 0.15) is 18.9 Å². The lowest BCUT2D eigenvalue weighted by Gasteiger charge is -2.04. The Bertz CT molecular complexity index is 460. The van der Waals surface area contributed by atoms with E-state index in [0.29, 0.717) is 25.1 Å². The Labute approximate surface area is 110 Å². The minimum absolute atomic E-state index is 0.0876. The first kappa shape index (κ1) is 14.7. The monoisotopic (exact) mass is 271 g/mol. The Kier molecular flexibility index (Phi) is 5.82. The number of nitrogens with one attached hydrogen (secondary N) is 1. The highest BCUT2D eigenvalue weighted by Crippen LogP contribution is 2.15. The van der Waals surface area contributed by atoms with Gasteiger partial charge in [0.25, 0.3) is 0 Å². The first-order chi connectivity index (χ1) is 8.54. The van der Waals surface area contributed by atoms with Gasteiger partial charge >= 0.3 is 5.97 Å². The van der Waals surface area contributed by atoms with Gasteiger partial charge in [-0.15, -0.1) is 0 Å². The summed E-state index contributed by atoms with van der Waals surface area (Å²) in [5.41, 5.74) is 1.22. The summed E-state index contributed by atoms with van der Waals surface area (Å²) in [6.07, 6.45) is 2.12. The zero-order valence-corrected chi connectivity index (χ0v) is 10.8. The zero-order chi connectivity index (χ0) is 13.5. The summed E-state index contributed by atoms with van der Waals surface area (Å²) >= 11 is 5.65. The van der Waals surface area contributed by atoms with Gasteiger partial charge in [0, 0.05) is 18.7 Å². The number of carboxylic acids is 1. The summed E-state index contributed by atoms with van der Waals surface area (Å²) in [6, 6.07) is 4.49. The maximum Gasteiger partial charge on any atom is 0.331 e. The molecule has 0 aliphatic rings. The molecule has 0 spiro atoms. The van der Waals surface area contributed by atoms with Crippen LogP contribution in [-0.2, 0) is 11.3 Å².